The topological polar surface area (TPSA) is 73.6 Å². The molecule has 3 aromatic carbocycles. The van der Waals surface area contributed by atoms with Crippen molar-refractivity contribution in [2.24, 2.45) is 0 Å². The molecule has 0 atom stereocenters. The van der Waals surface area contributed by atoms with Gasteiger partial charge in [0, 0.05) is 56.3 Å². The minimum atomic E-state index is -0.386. The molecule has 0 radical (unpaired) electrons. The van der Waals surface area contributed by atoms with Crippen molar-refractivity contribution in [3.8, 4) is 33.8 Å². The van der Waals surface area contributed by atoms with Gasteiger partial charge in [0.15, 0.2) is 0 Å². The quantitative estimate of drug-likeness (QED) is 0.264. The molecule has 0 bridgehead atoms. The third kappa shape index (κ3) is 6.80. The molecule has 6 rings (SSSR count). The highest BCUT2D eigenvalue weighted by Gasteiger charge is 2.19. The Kier molecular flexibility index (Phi) is 8.92. The van der Waals surface area contributed by atoms with Gasteiger partial charge in [-0.1, -0.05) is 42.5 Å². The van der Waals surface area contributed by atoms with Crippen molar-refractivity contribution in [2.45, 2.75) is 0 Å². The average molecular weight is 557 g/mol. The zero-order chi connectivity index (χ0) is 27.9. The van der Waals surface area contributed by atoms with Crippen LogP contribution in [0.15, 0.2) is 82.0 Å². The van der Waals surface area contributed by atoms with Gasteiger partial charge in [-0.25, -0.2) is 4.79 Å². The molecule has 0 saturated carbocycles. The van der Waals surface area contributed by atoms with E-state index < -0.39 is 0 Å². The first-order valence-electron chi connectivity index (χ1n) is 14.4. The fourth-order valence-corrected chi connectivity index (χ4v) is 5.39. The molecule has 3 heterocycles. The Morgan fingerprint density at radius 1 is 0.634 bits per heavy atom. The summed E-state index contributed by atoms with van der Waals surface area (Å²) < 4.78 is 28.8. The van der Waals surface area contributed by atoms with Crippen molar-refractivity contribution >= 4 is 11.0 Å². The predicted octanol–water partition coefficient (Wildman–Crippen LogP) is 4.55. The third-order valence-corrected chi connectivity index (χ3v) is 7.64. The Hall–Kier alpha value is -3.69. The van der Waals surface area contributed by atoms with Crippen LogP contribution in [0.5, 0.6) is 11.5 Å². The summed E-state index contributed by atoms with van der Waals surface area (Å²) >= 11 is 0. The first-order valence-corrected chi connectivity index (χ1v) is 14.4. The largest absolute Gasteiger partial charge is 0.492 e. The van der Waals surface area contributed by atoms with E-state index in [9.17, 15) is 4.79 Å². The molecule has 2 aliphatic heterocycles. The number of benzene rings is 3. The Morgan fingerprint density at radius 2 is 1.20 bits per heavy atom. The summed E-state index contributed by atoms with van der Waals surface area (Å²) in [7, 11) is 0. The highest BCUT2D eigenvalue weighted by Crippen LogP contribution is 2.37. The van der Waals surface area contributed by atoms with Crippen LogP contribution in [0.1, 0.15) is 0 Å². The number of fused-ring (bicyclic) bond motifs is 1. The summed E-state index contributed by atoms with van der Waals surface area (Å²) in [4.78, 5) is 18.2. The predicted molar refractivity (Wildman–Crippen MR) is 159 cm³/mol. The summed E-state index contributed by atoms with van der Waals surface area (Å²) in [6, 6.07) is 23.4. The van der Waals surface area contributed by atoms with E-state index in [-0.39, 0.29) is 5.63 Å². The maximum absolute atomic E-state index is 13.5. The first-order chi connectivity index (χ1) is 20.2. The van der Waals surface area contributed by atoms with Crippen LogP contribution in [0.25, 0.3) is 33.2 Å². The van der Waals surface area contributed by atoms with Crippen LogP contribution in [0.2, 0.25) is 0 Å². The number of nitrogens with zero attached hydrogens (tertiary/aromatic N) is 2. The van der Waals surface area contributed by atoms with Crippen LogP contribution in [0.4, 0.5) is 0 Å². The standard InChI is InChI=1S/C33H36N2O6/c36-33-32(26-6-8-27(9-7-26)39-22-16-34-12-18-37-19-13-34)31(25-4-2-1-3-5-25)29-11-10-28(24-30(29)41-33)40-23-17-35-14-20-38-21-15-35/h1-11,24H,12-23H2. The lowest BCUT2D eigenvalue weighted by Crippen LogP contribution is -2.38. The smallest absolute Gasteiger partial charge is 0.344 e. The third-order valence-electron chi connectivity index (χ3n) is 7.64. The van der Waals surface area contributed by atoms with Gasteiger partial charge in [-0.2, -0.15) is 0 Å². The lowest BCUT2D eigenvalue weighted by atomic mass is 9.93. The van der Waals surface area contributed by atoms with E-state index in [1.807, 2.05) is 72.8 Å². The lowest BCUT2D eigenvalue weighted by Gasteiger charge is -2.26. The van der Waals surface area contributed by atoms with Crippen LogP contribution < -0.4 is 15.1 Å². The molecule has 0 aliphatic carbocycles. The number of hydrogen-bond donors (Lipinski definition) is 0. The molecule has 0 N–H and O–H groups in total. The van der Waals surface area contributed by atoms with E-state index in [0.717, 1.165) is 93.5 Å². The molecule has 1 aromatic heterocycles. The molecule has 2 saturated heterocycles. The minimum absolute atomic E-state index is 0.386. The monoisotopic (exact) mass is 556 g/mol. The summed E-state index contributed by atoms with van der Waals surface area (Å²) in [6.07, 6.45) is 0. The molecule has 214 valence electrons. The normalized spacial score (nSPS) is 16.6. The lowest BCUT2D eigenvalue weighted by molar-refractivity contribution is 0.0322. The molecule has 8 nitrogen and oxygen atoms in total. The van der Waals surface area contributed by atoms with Crippen molar-refractivity contribution in [2.75, 3.05) is 78.9 Å². The zero-order valence-electron chi connectivity index (χ0n) is 23.3. The van der Waals surface area contributed by atoms with Crippen LogP contribution in [0.3, 0.4) is 0 Å². The number of hydrogen-bond acceptors (Lipinski definition) is 8. The molecule has 0 spiro atoms. The summed E-state index contributed by atoms with van der Waals surface area (Å²) in [5.74, 6) is 1.45. The molecule has 4 aromatic rings. The Labute approximate surface area is 240 Å². The SMILES string of the molecule is O=c1oc2cc(OCCN3CCOCC3)ccc2c(-c2ccccc2)c1-c1ccc(OCCN2CCOCC2)cc1. The van der Waals surface area contributed by atoms with Gasteiger partial charge in [-0.05, 0) is 35.4 Å². The van der Waals surface area contributed by atoms with Crippen LogP contribution in [-0.2, 0) is 9.47 Å². The summed E-state index contributed by atoms with van der Waals surface area (Å²) in [5.41, 5.74) is 3.23. The first kappa shape index (κ1) is 27.5. The van der Waals surface area contributed by atoms with Crippen LogP contribution in [-0.4, -0.2) is 88.7 Å². The van der Waals surface area contributed by atoms with Crippen molar-refractivity contribution in [1.29, 1.82) is 0 Å². The molecular formula is C33H36N2O6. The van der Waals surface area contributed by atoms with Crippen molar-refractivity contribution < 1.29 is 23.4 Å². The van der Waals surface area contributed by atoms with E-state index in [0.29, 0.717) is 30.1 Å². The fraction of sp³-hybridized carbons (Fsp3) is 0.364. The van der Waals surface area contributed by atoms with Crippen molar-refractivity contribution in [1.82, 2.24) is 9.80 Å². The Balaban J connectivity index is 1.24. The van der Waals surface area contributed by atoms with E-state index in [2.05, 4.69) is 9.80 Å². The van der Waals surface area contributed by atoms with E-state index in [1.165, 1.54) is 0 Å². The number of morpholine rings is 2. The maximum atomic E-state index is 13.5. The van der Waals surface area contributed by atoms with E-state index >= 15 is 0 Å². The van der Waals surface area contributed by atoms with Crippen LogP contribution in [0, 0.1) is 0 Å². The average Bonchev–Trinajstić information content (AvgIpc) is 3.02. The van der Waals surface area contributed by atoms with Gasteiger partial charge in [0.05, 0.1) is 32.0 Å². The number of ether oxygens (including phenoxy) is 4. The van der Waals surface area contributed by atoms with Crippen molar-refractivity contribution in [3.63, 3.8) is 0 Å². The van der Waals surface area contributed by atoms with E-state index in [4.69, 9.17) is 23.4 Å². The zero-order valence-corrected chi connectivity index (χ0v) is 23.3. The number of rotatable bonds is 10. The van der Waals surface area contributed by atoms with Gasteiger partial charge in [0.1, 0.15) is 30.3 Å². The van der Waals surface area contributed by atoms with E-state index in [1.54, 1.807) is 0 Å². The van der Waals surface area contributed by atoms with Gasteiger partial charge < -0.3 is 23.4 Å². The van der Waals surface area contributed by atoms with Gasteiger partial charge in [-0.15, -0.1) is 0 Å². The Morgan fingerprint density at radius 3 is 1.83 bits per heavy atom. The van der Waals surface area contributed by atoms with Gasteiger partial charge in [0.2, 0.25) is 0 Å². The highest BCUT2D eigenvalue weighted by atomic mass is 16.5. The molecular weight excluding hydrogens is 520 g/mol. The second-order valence-corrected chi connectivity index (χ2v) is 10.3. The molecule has 8 heteroatoms. The van der Waals surface area contributed by atoms with Gasteiger partial charge in [-0.3, -0.25) is 9.80 Å². The Bertz CT molecular complexity index is 1480. The van der Waals surface area contributed by atoms with Gasteiger partial charge >= 0.3 is 5.63 Å². The highest BCUT2D eigenvalue weighted by molar-refractivity contribution is 6.01. The summed E-state index contributed by atoms with van der Waals surface area (Å²) in [5, 5.41) is 0.858. The second kappa shape index (κ2) is 13.3. The molecule has 2 fully saturated rings. The van der Waals surface area contributed by atoms with Crippen LogP contribution >= 0.6 is 0 Å². The maximum Gasteiger partial charge on any atom is 0.344 e. The summed E-state index contributed by atoms with van der Waals surface area (Å²) in [6.45, 7) is 9.61. The molecule has 0 unspecified atom stereocenters. The minimum Gasteiger partial charge on any atom is -0.492 e. The fourth-order valence-electron chi connectivity index (χ4n) is 5.39. The molecule has 2 aliphatic rings. The second-order valence-electron chi connectivity index (χ2n) is 10.3. The van der Waals surface area contributed by atoms with Crippen molar-refractivity contribution in [3.05, 3.63) is 83.2 Å². The van der Waals surface area contributed by atoms with Gasteiger partial charge in [0.25, 0.3) is 0 Å². The molecule has 41 heavy (non-hydrogen) atoms. The molecule has 0 amide bonds.